The molecule has 0 aliphatic heterocycles. The van der Waals surface area contributed by atoms with Gasteiger partial charge in [0.1, 0.15) is 6.54 Å². The third-order valence-corrected chi connectivity index (χ3v) is 5.61. The molecule has 0 aliphatic carbocycles. The summed E-state index contributed by atoms with van der Waals surface area (Å²) in [7, 11) is 0. The lowest BCUT2D eigenvalue weighted by atomic mass is 10.1. The molecular weight excluding hydrogens is 426 g/mol. The van der Waals surface area contributed by atoms with Crippen molar-refractivity contribution in [2.24, 2.45) is 0 Å². The molecule has 4 rings (SSSR count). The molecule has 0 fully saturated rings. The number of hydrogen-bond acceptors (Lipinski definition) is 3. The van der Waals surface area contributed by atoms with E-state index in [4.69, 9.17) is 11.6 Å². The summed E-state index contributed by atoms with van der Waals surface area (Å²) >= 11 is 6.22. The van der Waals surface area contributed by atoms with Crippen molar-refractivity contribution in [2.75, 3.05) is 5.32 Å². The molecule has 1 N–H and O–H groups in total. The van der Waals surface area contributed by atoms with E-state index in [9.17, 15) is 14.4 Å². The van der Waals surface area contributed by atoms with Crippen molar-refractivity contribution < 1.29 is 4.79 Å². The van der Waals surface area contributed by atoms with E-state index in [0.29, 0.717) is 21.6 Å². The molecule has 0 saturated heterocycles. The summed E-state index contributed by atoms with van der Waals surface area (Å²) in [6.45, 7) is 3.74. The number of para-hydroxylation sites is 1. The van der Waals surface area contributed by atoms with Gasteiger partial charge >= 0.3 is 5.69 Å². The molecule has 1 heterocycles. The number of aryl methyl sites for hydroxylation is 2. The molecule has 0 aliphatic rings. The van der Waals surface area contributed by atoms with Gasteiger partial charge in [-0.2, -0.15) is 0 Å². The molecule has 0 bridgehead atoms. The van der Waals surface area contributed by atoms with E-state index in [1.165, 1.54) is 9.13 Å². The standard InChI is InChI=1S/C25H22ClN3O3/c1-16-7-10-18(11-8-16)14-29-24(31)19-5-3-4-6-22(19)28(25(29)32)15-23(30)27-21-12-9-17(2)13-20(21)26/h3-13H,14-15H2,1-2H3,(H,27,30). The molecule has 1 aromatic heterocycles. The van der Waals surface area contributed by atoms with Crippen LogP contribution in [0.3, 0.4) is 0 Å². The number of carbonyl (C=O) groups excluding carboxylic acids is 1. The van der Waals surface area contributed by atoms with Crippen LogP contribution in [-0.4, -0.2) is 15.0 Å². The van der Waals surface area contributed by atoms with E-state index in [-0.39, 0.29) is 18.6 Å². The monoisotopic (exact) mass is 447 g/mol. The van der Waals surface area contributed by atoms with E-state index < -0.39 is 11.6 Å². The van der Waals surface area contributed by atoms with Crippen molar-refractivity contribution in [1.82, 2.24) is 9.13 Å². The Bertz CT molecular complexity index is 1440. The summed E-state index contributed by atoms with van der Waals surface area (Å²) in [5.41, 5.74) is 2.83. The van der Waals surface area contributed by atoms with E-state index >= 15 is 0 Å². The molecular formula is C25H22ClN3O3. The fraction of sp³-hybridized carbons (Fsp3) is 0.160. The molecule has 32 heavy (non-hydrogen) atoms. The zero-order valence-corrected chi connectivity index (χ0v) is 18.5. The molecule has 0 radical (unpaired) electrons. The quantitative estimate of drug-likeness (QED) is 0.500. The number of benzene rings is 3. The average molecular weight is 448 g/mol. The molecule has 1 amide bonds. The van der Waals surface area contributed by atoms with Gasteiger partial charge in [-0.1, -0.05) is 59.6 Å². The van der Waals surface area contributed by atoms with E-state index in [1.54, 1.807) is 36.4 Å². The van der Waals surface area contributed by atoms with Crippen LogP contribution < -0.4 is 16.6 Å². The maximum atomic E-state index is 13.3. The van der Waals surface area contributed by atoms with Gasteiger partial charge in [0, 0.05) is 0 Å². The highest BCUT2D eigenvalue weighted by molar-refractivity contribution is 6.33. The van der Waals surface area contributed by atoms with Gasteiger partial charge < -0.3 is 5.32 Å². The SMILES string of the molecule is Cc1ccc(Cn2c(=O)c3ccccc3n(CC(=O)Nc3ccc(C)cc3Cl)c2=O)cc1. The number of halogens is 1. The Kier molecular flexibility index (Phi) is 5.97. The van der Waals surface area contributed by atoms with Crippen LogP contribution in [0, 0.1) is 13.8 Å². The Labute approximate surface area is 189 Å². The Morgan fingerprint density at radius 1 is 0.906 bits per heavy atom. The number of rotatable bonds is 5. The Morgan fingerprint density at radius 3 is 2.31 bits per heavy atom. The average Bonchev–Trinajstić information content (AvgIpc) is 2.77. The number of anilines is 1. The number of aromatic nitrogens is 2. The molecule has 0 spiro atoms. The van der Waals surface area contributed by atoms with Crippen LogP contribution in [0.15, 0.2) is 76.3 Å². The van der Waals surface area contributed by atoms with Crippen molar-refractivity contribution in [3.05, 3.63) is 109 Å². The van der Waals surface area contributed by atoms with E-state index in [2.05, 4.69) is 5.32 Å². The molecule has 7 heteroatoms. The number of hydrogen-bond donors (Lipinski definition) is 1. The van der Waals surface area contributed by atoms with Crippen LogP contribution in [0.1, 0.15) is 16.7 Å². The van der Waals surface area contributed by atoms with Crippen LogP contribution in [0.4, 0.5) is 5.69 Å². The summed E-state index contributed by atoms with van der Waals surface area (Å²) in [6, 6.07) is 19.7. The predicted molar refractivity (Wildman–Crippen MR) is 128 cm³/mol. The normalized spacial score (nSPS) is 11.0. The Balaban J connectivity index is 1.74. The summed E-state index contributed by atoms with van der Waals surface area (Å²) in [4.78, 5) is 39.1. The lowest BCUT2D eigenvalue weighted by Gasteiger charge is -2.15. The predicted octanol–water partition coefficient (Wildman–Crippen LogP) is 4.12. The maximum absolute atomic E-state index is 13.3. The smallest absolute Gasteiger partial charge is 0.323 e. The molecule has 0 atom stereocenters. The van der Waals surface area contributed by atoms with Gasteiger partial charge in [-0.05, 0) is 49.2 Å². The van der Waals surface area contributed by atoms with Gasteiger partial charge in [0.2, 0.25) is 5.91 Å². The zero-order chi connectivity index (χ0) is 22.8. The van der Waals surface area contributed by atoms with Crippen LogP contribution in [-0.2, 0) is 17.9 Å². The van der Waals surface area contributed by atoms with Crippen LogP contribution in [0.25, 0.3) is 10.9 Å². The minimum atomic E-state index is -0.542. The first kappa shape index (κ1) is 21.6. The maximum Gasteiger partial charge on any atom is 0.332 e. The third kappa shape index (κ3) is 4.36. The largest absolute Gasteiger partial charge is 0.332 e. The number of nitrogens with one attached hydrogen (secondary N) is 1. The van der Waals surface area contributed by atoms with Gasteiger partial charge in [-0.15, -0.1) is 0 Å². The van der Waals surface area contributed by atoms with Gasteiger partial charge in [0.05, 0.1) is 28.2 Å². The van der Waals surface area contributed by atoms with Crippen LogP contribution in [0.5, 0.6) is 0 Å². The second kappa shape index (κ2) is 8.85. The fourth-order valence-electron chi connectivity index (χ4n) is 3.59. The van der Waals surface area contributed by atoms with Crippen LogP contribution >= 0.6 is 11.6 Å². The lowest BCUT2D eigenvalue weighted by molar-refractivity contribution is -0.116. The lowest BCUT2D eigenvalue weighted by Crippen LogP contribution is -2.42. The minimum Gasteiger partial charge on any atom is -0.323 e. The molecule has 162 valence electrons. The molecule has 0 saturated carbocycles. The van der Waals surface area contributed by atoms with Crippen molar-refractivity contribution in [3.8, 4) is 0 Å². The number of nitrogens with zero attached hydrogens (tertiary/aromatic N) is 2. The Morgan fingerprint density at radius 2 is 1.59 bits per heavy atom. The first-order valence-electron chi connectivity index (χ1n) is 10.2. The minimum absolute atomic E-state index is 0.119. The number of amides is 1. The van der Waals surface area contributed by atoms with E-state index in [0.717, 1.165) is 16.7 Å². The summed E-state index contributed by atoms with van der Waals surface area (Å²) in [5.74, 6) is -0.413. The fourth-order valence-corrected chi connectivity index (χ4v) is 3.88. The summed E-state index contributed by atoms with van der Waals surface area (Å²) < 4.78 is 2.49. The first-order valence-corrected chi connectivity index (χ1v) is 10.6. The van der Waals surface area contributed by atoms with Crippen molar-refractivity contribution >= 4 is 34.1 Å². The van der Waals surface area contributed by atoms with Crippen molar-refractivity contribution in [3.63, 3.8) is 0 Å². The van der Waals surface area contributed by atoms with Crippen molar-refractivity contribution in [1.29, 1.82) is 0 Å². The summed E-state index contributed by atoms with van der Waals surface area (Å²) in [5, 5.41) is 3.54. The molecule has 4 aromatic rings. The number of fused-ring (bicyclic) bond motifs is 1. The summed E-state index contributed by atoms with van der Waals surface area (Å²) in [6.07, 6.45) is 0. The highest BCUT2D eigenvalue weighted by Gasteiger charge is 2.16. The topological polar surface area (TPSA) is 73.1 Å². The molecule has 3 aromatic carbocycles. The molecule has 6 nitrogen and oxygen atoms in total. The molecule has 0 unspecified atom stereocenters. The van der Waals surface area contributed by atoms with Crippen LogP contribution in [0.2, 0.25) is 5.02 Å². The second-order valence-corrected chi connectivity index (χ2v) is 8.20. The second-order valence-electron chi connectivity index (χ2n) is 7.79. The highest BCUT2D eigenvalue weighted by Crippen LogP contribution is 2.22. The third-order valence-electron chi connectivity index (χ3n) is 5.29. The zero-order valence-electron chi connectivity index (χ0n) is 17.8. The highest BCUT2D eigenvalue weighted by atomic mass is 35.5. The van der Waals surface area contributed by atoms with Crippen molar-refractivity contribution in [2.45, 2.75) is 26.9 Å². The van der Waals surface area contributed by atoms with Gasteiger partial charge in [0.25, 0.3) is 5.56 Å². The first-order chi connectivity index (χ1) is 15.3. The Hall–Kier alpha value is -3.64. The van der Waals surface area contributed by atoms with Gasteiger partial charge in [-0.3, -0.25) is 18.7 Å². The van der Waals surface area contributed by atoms with Gasteiger partial charge in [-0.25, -0.2) is 4.79 Å². The van der Waals surface area contributed by atoms with Gasteiger partial charge in [0.15, 0.2) is 0 Å². The van der Waals surface area contributed by atoms with E-state index in [1.807, 2.05) is 44.2 Å². The number of carbonyl (C=O) groups is 1.